The first-order valence-electron chi connectivity index (χ1n) is 7.78. The first kappa shape index (κ1) is 15.5. The molecule has 0 amide bonds. The van der Waals surface area contributed by atoms with E-state index in [-0.39, 0.29) is 12.6 Å². The summed E-state index contributed by atoms with van der Waals surface area (Å²) in [5.74, 6) is 0. The summed E-state index contributed by atoms with van der Waals surface area (Å²) < 4.78 is 5.18. The van der Waals surface area contributed by atoms with E-state index in [1.54, 1.807) is 7.11 Å². The molecule has 1 aliphatic carbocycles. The van der Waals surface area contributed by atoms with Gasteiger partial charge < -0.3 is 15.2 Å². The Labute approximate surface area is 122 Å². The molecule has 1 aliphatic rings. The molecule has 1 aromatic carbocycles. The summed E-state index contributed by atoms with van der Waals surface area (Å²) in [5, 5.41) is 13.3. The number of aliphatic hydroxyl groups is 1. The van der Waals surface area contributed by atoms with Gasteiger partial charge in [0.15, 0.2) is 0 Å². The highest BCUT2D eigenvalue weighted by Gasteiger charge is 2.18. The summed E-state index contributed by atoms with van der Waals surface area (Å²) in [6.45, 7) is 0.766. The van der Waals surface area contributed by atoms with Gasteiger partial charge in [-0.05, 0) is 24.0 Å². The molecule has 20 heavy (non-hydrogen) atoms. The molecule has 0 radical (unpaired) electrons. The molecule has 0 spiro atoms. The highest BCUT2D eigenvalue weighted by molar-refractivity contribution is 5.26. The van der Waals surface area contributed by atoms with Gasteiger partial charge >= 0.3 is 0 Å². The van der Waals surface area contributed by atoms with Crippen molar-refractivity contribution < 1.29 is 9.84 Å². The second kappa shape index (κ2) is 8.40. The summed E-state index contributed by atoms with van der Waals surface area (Å²) in [6.07, 6.45) is 7.78. The third kappa shape index (κ3) is 4.58. The van der Waals surface area contributed by atoms with Crippen LogP contribution < -0.4 is 5.32 Å². The van der Waals surface area contributed by atoms with Crippen molar-refractivity contribution in [2.45, 2.75) is 57.2 Å². The fraction of sp³-hybridized carbons (Fsp3) is 0.647. The van der Waals surface area contributed by atoms with Crippen LogP contribution in [-0.4, -0.2) is 24.9 Å². The van der Waals surface area contributed by atoms with Crippen LogP contribution in [0.5, 0.6) is 0 Å². The maximum Gasteiger partial charge on any atom is 0.0713 e. The van der Waals surface area contributed by atoms with Gasteiger partial charge in [-0.1, -0.05) is 49.9 Å². The third-order valence-electron chi connectivity index (χ3n) is 4.14. The molecule has 0 heterocycles. The lowest BCUT2D eigenvalue weighted by Gasteiger charge is -2.24. The number of hydrogen-bond acceptors (Lipinski definition) is 3. The first-order chi connectivity index (χ1) is 9.83. The molecule has 0 bridgehead atoms. The van der Waals surface area contributed by atoms with Crippen molar-refractivity contribution in [2.75, 3.05) is 13.7 Å². The molecule has 2 rings (SSSR count). The van der Waals surface area contributed by atoms with E-state index in [2.05, 4.69) is 23.5 Å². The van der Waals surface area contributed by atoms with Crippen LogP contribution in [0.2, 0.25) is 0 Å². The Hall–Kier alpha value is -0.900. The van der Waals surface area contributed by atoms with Gasteiger partial charge in [-0.25, -0.2) is 0 Å². The molecule has 2 N–H and O–H groups in total. The maximum atomic E-state index is 9.71. The molecule has 112 valence electrons. The minimum Gasteiger partial charge on any atom is -0.394 e. The zero-order chi connectivity index (χ0) is 14.2. The molecule has 1 unspecified atom stereocenters. The van der Waals surface area contributed by atoms with E-state index < -0.39 is 0 Å². The molecule has 0 aromatic heterocycles. The van der Waals surface area contributed by atoms with Crippen LogP contribution in [0.3, 0.4) is 0 Å². The number of aliphatic hydroxyl groups excluding tert-OH is 1. The molecule has 1 fully saturated rings. The van der Waals surface area contributed by atoms with Gasteiger partial charge in [0.05, 0.1) is 19.3 Å². The van der Waals surface area contributed by atoms with E-state index in [1.807, 2.05) is 6.07 Å². The minimum absolute atomic E-state index is 0.0370. The predicted octanol–water partition coefficient (Wildman–Crippen LogP) is 3.18. The van der Waals surface area contributed by atoms with Crippen LogP contribution >= 0.6 is 0 Å². The van der Waals surface area contributed by atoms with Gasteiger partial charge in [-0.15, -0.1) is 0 Å². The predicted molar refractivity (Wildman–Crippen MR) is 81.6 cm³/mol. The Kier molecular flexibility index (Phi) is 6.51. The first-order valence-corrected chi connectivity index (χ1v) is 7.78. The highest BCUT2D eigenvalue weighted by atomic mass is 16.5. The maximum absolute atomic E-state index is 9.71. The lowest BCUT2D eigenvalue weighted by molar-refractivity contribution is 0.184. The summed E-state index contributed by atoms with van der Waals surface area (Å²) in [5.41, 5.74) is 2.32. The Morgan fingerprint density at radius 2 is 2.00 bits per heavy atom. The molecule has 1 aromatic rings. The van der Waals surface area contributed by atoms with Crippen molar-refractivity contribution in [2.24, 2.45) is 0 Å². The SMILES string of the molecule is COCc1cccc(C(CO)NC2CCCCCC2)c1. The fourth-order valence-electron chi connectivity index (χ4n) is 3.05. The zero-order valence-electron chi connectivity index (χ0n) is 12.5. The minimum atomic E-state index is 0.0370. The van der Waals surface area contributed by atoms with Crippen molar-refractivity contribution in [1.29, 1.82) is 0 Å². The second-order valence-electron chi connectivity index (χ2n) is 5.77. The zero-order valence-corrected chi connectivity index (χ0v) is 12.5. The normalized spacial score (nSPS) is 18.7. The van der Waals surface area contributed by atoms with Crippen molar-refractivity contribution in [3.05, 3.63) is 35.4 Å². The number of rotatable bonds is 6. The number of methoxy groups -OCH3 is 1. The van der Waals surface area contributed by atoms with Gasteiger partial charge in [0.25, 0.3) is 0 Å². The molecule has 1 saturated carbocycles. The Morgan fingerprint density at radius 1 is 1.25 bits per heavy atom. The Morgan fingerprint density at radius 3 is 2.65 bits per heavy atom. The summed E-state index contributed by atoms with van der Waals surface area (Å²) in [4.78, 5) is 0. The van der Waals surface area contributed by atoms with Gasteiger partial charge in [-0.3, -0.25) is 0 Å². The largest absolute Gasteiger partial charge is 0.394 e. The van der Waals surface area contributed by atoms with Gasteiger partial charge in [0.2, 0.25) is 0 Å². The third-order valence-corrected chi connectivity index (χ3v) is 4.14. The van der Waals surface area contributed by atoms with Crippen LogP contribution in [0.25, 0.3) is 0 Å². The number of hydrogen-bond donors (Lipinski definition) is 2. The monoisotopic (exact) mass is 277 g/mol. The van der Waals surface area contributed by atoms with Crippen LogP contribution in [0.1, 0.15) is 55.7 Å². The second-order valence-corrected chi connectivity index (χ2v) is 5.77. The van der Waals surface area contributed by atoms with E-state index in [0.29, 0.717) is 12.6 Å². The molecular formula is C17H27NO2. The number of benzene rings is 1. The van der Waals surface area contributed by atoms with Crippen LogP contribution in [0, 0.1) is 0 Å². The Bertz CT molecular complexity index is 386. The van der Waals surface area contributed by atoms with E-state index >= 15 is 0 Å². The molecule has 3 nitrogen and oxygen atoms in total. The molecule has 0 aliphatic heterocycles. The van der Waals surface area contributed by atoms with Crippen molar-refractivity contribution in [3.63, 3.8) is 0 Å². The average molecular weight is 277 g/mol. The lowest BCUT2D eigenvalue weighted by atomic mass is 10.0. The summed E-state index contributed by atoms with van der Waals surface area (Å²) >= 11 is 0. The lowest BCUT2D eigenvalue weighted by Crippen LogP contribution is -2.34. The molecule has 1 atom stereocenters. The topological polar surface area (TPSA) is 41.5 Å². The van der Waals surface area contributed by atoms with Crippen LogP contribution in [-0.2, 0) is 11.3 Å². The van der Waals surface area contributed by atoms with E-state index in [9.17, 15) is 5.11 Å². The van der Waals surface area contributed by atoms with Crippen LogP contribution in [0.4, 0.5) is 0 Å². The summed E-state index contributed by atoms with van der Waals surface area (Å²) in [7, 11) is 1.71. The van der Waals surface area contributed by atoms with Crippen LogP contribution in [0.15, 0.2) is 24.3 Å². The van der Waals surface area contributed by atoms with Crippen molar-refractivity contribution in [3.8, 4) is 0 Å². The summed E-state index contributed by atoms with van der Waals surface area (Å²) in [6, 6.07) is 8.90. The molecular weight excluding hydrogens is 250 g/mol. The molecule has 3 heteroatoms. The number of nitrogens with one attached hydrogen (secondary N) is 1. The van der Waals surface area contributed by atoms with Crippen molar-refractivity contribution >= 4 is 0 Å². The van der Waals surface area contributed by atoms with E-state index in [4.69, 9.17) is 4.74 Å². The highest BCUT2D eigenvalue weighted by Crippen LogP contribution is 2.22. The quantitative estimate of drug-likeness (QED) is 0.785. The van der Waals surface area contributed by atoms with Gasteiger partial charge in [0.1, 0.15) is 0 Å². The standard InChI is InChI=1S/C17H27NO2/c1-20-13-14-7-6-8-15(11-14)17(12-19)18-16-9-4-2-3-5-10-16/h6-8,11,16-19H,2-5,9-10,12-13H2,1H3. The van der Waals surface area contributed by atoms with Crippen molar-refractivity contribution in [1.82, 2.24) is 5.32 Å². The smallest absolute Gasteiger partial charge is 0.0713 e. The number of ether oxygens (including phenoxy) is 1. The molecule has 0 saturated heterocycles. The average Bonchev–Trinajstić information content (AvgIpc) is 2.74. The van der Waals surface area contributed by atoms with Gasteiger partial charge in [0, 0.05) is 13.2 Å². The fourth-order valence-corrected chi connectivity index (χ4v) is 3.05. The Balaban J connectivity index is 2.01. The van der Waals surface area contributed by atoms with E-state index in [0.717, 1.165) is 11.1 Å². The van der Waals surface area contributed by atoms with Gasteiger partial charge in [-0.2, -0.15) is 0 Å². The van der Waals surface area contributed by atoms with E-state index in [1.165, 1.54) is 38.5 Å².